The van der Waals surface area contributed by atoms with Crippen LogP contribution in [0.25, 0.3) is 11.1 Å². The number of aliphatic hydroxyl groups excluding tert-OH is 1. The van der Waals surface area contributed by atoms with E-state index in [2.05, 4.69) is 0 Å². The van der Waals surface area contributed by atoms with Gasteiger partial charge in [0.25, 0.3) is 0 Å². The van der Waals surface area contributed by atoms with Crippen molar-refractivity contribution in [2.45, 2.75) is 5.92 Å². The van der Waals surface area contributed by atoms with Gasteiger partial charge in [0.2, 0.25) is 0 Å². The van der Waals surface area contributed by atoms with Crippen LogP contribution >= 0.6 is 0 Å². The summed E-state index contributed by atoms with van der Waals surface area (Å²) in [5, 5.41) is 28.3. The Morgan fingerprint density at radius 2 is 1.67 bits per heavy atom. The van der Waals surface area contributed by atoms with E-state index in [0.717, 1.165) is 11.1 Å². The molecule has 1 atom stereocenters. The lowest BCUT2D eigenvalue weighted by Gasteiger charge is -2.14. The van der Waals surface area contributed by atoms with E-state index in [1.807, 2.05) is 24.3 Å². The normalized spacial score (nSPS) is 15.4. The maximum atomic E-state index is 11.6. The lowest BCUT2D eigenvalue weighted by Crippen LogP contribution is -2.14. The van der Waals surface area contributed by atoms with Crippen LogP contribution in [0.15, 0.2) is 36.4 Å². The van der Waals surface area contributed by atoms with E-state index in [-0.39, 0.29) is 17.7 Å². The van der Waals surface area contributed by atoms with Gasteiger partial charge in [-0.15, -0.1) is 0 Å². The minimum absolute atomic E-state index is 0.241. The summed E-state index contributed by atoms with van der Waals surface area (Å²) >= 11 is 0. The summed E-state index contributed by atoms with van der Waals surface area (Å²) < 4.78 is 0. The second kappa shape index (κ2) is 4.71. The molecule has 2 aromatic rings. The number of hydrogen-bond acceptors (Lipinski definition) is 3. The number of hydrogen-bond donors (Lipinski definition) is 3. The summed E-state index contributed by atoms with van der Waals surface area (Å²) in [4.78, 5) is 22.8. The van der Waals surface area contributed by atoms with Crippen LogP contribution in [0.5, 0.6) is 0 Å². The first kappa shape index (κ1) is 13.3. The lowest BCUT2D eigenvalue weighted by atomic mass is 9.90. The molecule has 0 aliphatic heterocycles. The molecule has 0 fully saturated rings. The van der Waals surface area contributed by atoms with Gasteiger partial charge in [-0.3, -0.25) is 0 Å². The third kappa shape index (κ3) is 1.82. The summed E-state index contributed by atoms with van der Waals surface area (Å²) in [5.41, 5.74) is 2.21. The third-order valence-corrected chi connectivity index (χ3v) is 3.85. The van der Waals surface area contributed by atoms with E-state index in [4.69, 9.17) is 0 Å². The Balaban J connectivity index is 2.38. The minimum atomic E-state index is -1.30. The summed E-state index contributed by atoms with van der Waals surface area (Å²) in [5.74, 6) is -3.10. The number of fused-ring (bicyclic) bond motifs is 3. The van der Waals surface area contributed by atoms with Crippen molar-refractivity contribution in [3.63, 3.8) is 0 Å². The van der Waals surface area contributed by atoms with E-state index in [1.54, 1.807) is 6.07 Å². The molecule has 0 aromatic heterocycles. The monoisotopic (exact) mass is 284 g/mol. The van der Waals surface area contributed by atoms with Crippen molar-refractivity contribution in [2.75, 3.05) is 6.61 Å². The van der Waals surface area contributed by atoms with Gasteiger partial charge in [-0.05, 0) is 28.3 Å². The Morgan fingerprint density at radius 3 is 2.29 bits per heavy atom. The molecule has 0 spiro atoms. The van der Waals surface area contributed by atoms with Crippen LogP contribution in [0.3, 0.4) is 0 Å². The molecular formula is C16H12O5. The topological polar surface area (TPSA) is 94.8 Å². The highest BCUT2D eigenvalue weighted by molar-refractivity contribution is 6.05. The Bertz CT molecular complexity index is 763. The number of carbonyl (C=O) groups is 2. The fraction of sp³-hybridized carbons (Fsp3) is 0.125. The van der Waals surface area contributed by atoms with Crippen molar-refractivity contribution in [3.05, 3.63) is 58.7 Å². The van der Waals surface area contributed by atoms with Gasteiger partial charge in [0.1, 0.15) is 0 Å². The number of aromatic carboxylic acids is 2. The summed E-state index contributed by atoms with van der Waals surface area (Å²) in [6.45, 7) is -0.270. The van der Waals surface area contributed by atoms with Gasteiger partial charge >= 0.3 is 11.9 Å². The Hall–Kier alpha value is -2.66. The highest BCUT2D eigenvalue weighted by Gasteiger charge is 2.34. The van der Waals surface area contributed by atoms with E-state index >= 15 is 0 Å². The van der Waals surface area contributed by atoms with Crippen molar-refractivity contribution in [1.29, 1.82) is 0 Å². The highest BCUT2D eigenvalue weighted by atomic mass is 16.4. The minimum Gasteiger partial charge on any atom is -0.478 e. The highest BCUT2D eigenvalue weighted by Crippen LogP contribution is 2.46. The lowest BCUT2D eigenvalue weighted by molar-refractivity contribution is 0.0650. The maximum absolute atomic E-state index is 11.6. The van der Waals surface area contributed by atoms with Crippen LogP contribution in [-0.2, 0) is 0 Å². The van der Waals surface area contributed by atoms with Gasteiger partial charge in [0.15, 0.2) is 0 Å². The van der Waals surface area contributed by atoms with Crippen LogP contribution in [0.2, 0.25) is 0 Å². The summed E-state index contributed by atoms with van der Waals surface area (Å²) in [6.07, 6.45) is 0. The first-order valence-corrected chi connectivity index (χ1v) is 6.40. The molecule has 5 nitrogen and oxygen atoms in total. The first-order chi connectivity index (χ1) is 10.1. The molecule has 21 heavy (non-hydrogen) atoms. The number of aliphatic hydroxyl groups is 1. The molecule has 0 saturated heterocycles. The molecule has 3 rings (SSSR count). The van der Waals surface area contributed by atoms with Crippen LogP contribution in [-0.4, -0.2) is 33.9 Å². The zero-order valence-electron chi connectivity index (χ0n) is 10.9. The Morgan fingerprint density at radius 1 is 0.952 bits per heavy atom. The van der Waals surface area contributed by atoms with E-state index < -0.39 is 17.9 Å². The number of carboxylic acid groups (broad SMARTS) is 2. The number of rotatable bonds is 3. The number of benzene rings is 2. The average molecular weight is 284 g/mol. The molecule has 106 valence electrons. The zero-order valence-corrected chi connectivity index (χ0v) is 10.9. The Labute approximate surface area is 120 Å². The molecule has 0 amide bonds. The maximum Gasteiger partial charge on any atom is 0.336 e. The van der Waals surface area contributed by atoms with Gasteiger partial charge in [0, 0.05) is 5.92 Å². The zero-order chi connectivity index (χ0) is 15.1. The first-order valence-electron chi connectivity index (χ1n) is 6.40. The molecule has 0 radical (unpaired) electrons. The average Bonchev–Trinajstić information content (AvgIpc) is 2.79. The molecule has 0 saturated carbocycles. The van der Waals surface area contributed by atoms with Gasteiger partial charge in [0.05, 0.1) is 17.7 Å². The van der Waals surface area contributed by atoms with Crippen molar-refractivity contribution in [1.82, 2.24) is 0 Å². The summed E-state index contributed by atoms with van der Waals surface area (Å²) in [6, 6.07) is 10.2. The standard InChI is InChI=1S/C16H12O5/c17-7-12-9-4-2-1-3-8(9)10-5-6-11(15(18)19)14(13(10)12)16(20)21/h1-6,12,17H,7H2,(H,18,19)(H,20,21). The quantitative estimate of drug-likeness (QED) is 0.803. The molecule has 1 unspecified atom stereocenters. The van der Waals surface area contributed by atoms with Crippen molar-refractivity contribution in [3.8, 4) is 11.1 Å². The smallest absolute Gasteiger partial charge is 0.336 e. The molecule has 1 aliphatic carbocycles. The molecule has 5 heteroatoms. The fourth-order valence-electron chi connectivity index (χ4n) is 3.02. The van der Waals surface area contributed by atoms with Gasteiger partial charge < -0.3 is 15.3 Å². The molecule has 3 N–H and O–H groups in total. The van der Waals surface area contributed by atoms with Crippen LogP contribution in [0.4, 0.5) is 0 Å². The van der Waals surface area contributed by atoms with E-state index in [0.29, 0.717) is 11.1 Å². The van der Waals surface area contributed by atoms with Gasteiger partial charge in [-0.1, -0.05) is 30.3 Å². The van der Waals surface area contributed by atoms with Crippen molar-refractivity contribution in [2.24, 2.45) is 0 Å². The molecule has 0 bridgehead atoms. The van der Waals surface area contributed by atoms with E-state index in [9.17, 15) is 24.9 Å². The van der Waals surface area contributed by atoms with Crippen LogP contribution < -0.4 is 0 Å². The van der Waals surface area contributed by atoms with Crippen LogP contribution in [0.1, 0.15) is 37.8 Å². The second-order valence-corrected chi connectivity index (χ2v) is 4.88. The second-order valence-electron chi connectivity index (χ2n) is 4.88. The summed E-state index contributed by atoms with van der Waals surface area (Å²) in [7, 11) is 0. The van der Waals surface area contributed by atoms with Crippen molar-refractivity contribution >= 4 is 11.9 Å². The predicted molar refractivity (Wildman–Crippen MR) is 74.7 cm³/mol. The SMILES string of the molecule is O=C(O)c1ccc2c(c1C(=O)O)C(CO)c1ccccc1-2. The number of carboxylic acids is 2. The van der Waals surface area contributed by atoms with Gasteiger partial charge in [-0.25, -0.2) is 9.59 Å². The largest absolute Gasteiger partial charge is 0.478 e. The molecule has 1 aliphatic rings. The van der Waals surface area contributed by atoms with E-state index in [1.165, 1.54) is 6.07 Å². The van der Waals surface area contributed by atoms with Crippen LogP contribution in [0, 0.1) is 0 Å². The van der Waals surface area contributed by atoms with Gasteiger partial charge in [-0.2, -0.15) is 0 Å². The fourth-order valence-corrected chi connectivity index (χ4v) is 3.02. The molecule has 2 aromatic carbocycles. The third-order valence-electron chi connectivity index (χ3n) is 3.85. The molecule has 0 heterocycles. The predicted octanol–water partition coefficient (Wildman–Crippen LogP) is 2.19. The Kier molecular flexibility index (Phi) is 2.99. The molecular weight excluding hydrogens is 272 g/mol. The van der Waals surface area contributed by atoms with Crippen molar-refractivity contribution < 1.29 is 24.9 Å².